The van der Waals surface area contributed by atoms with Gasteiger partial charge in [0.05, 0.1) is 16.3 Å². The van der Waals surface area contributed by atoms with Crippen molar-refractivity contribution < 1.29 is 9.26 Å². The molecule has 1 aromatic carbocycles. The molecule has 0 aliphatic rings. The third kappa shape index (κ3) is 2.36. The van der Waals surface area contributed by atoms with Crippen molar-refractivity contribution in [2.24, 2.45) is 7.05 Å². The number of aromatic nitrogens is 6. The van der Waals surface area contributed by atoms with E-state index in [2.05, 4.69) is 32.5 Å². The lowest BCUT2D eigenvalue weighted by Gasteiger charge is -2.03. The molecule has 8 nitrogen and oxygen atoms in total. The highest BCUT2D eigenvalue weighted by Crippen LogP contribution is 2.34. The van der Waals surface area contributed by atoms with E-state index in [-0.39, 0.29) is 5.25 Å². The van der Waals surface area contributed by atoms with E-state index in [4.69, 9.17) is 9.26 Å². The molecular weight excluding hydrogens is 328 g/mol. The van der Waals surface area contributed by atoms with Gasteiger partial charge in [-0.05, 0) is 19.1 Å². The van der Waals surface area contributed by atoms with E-state index in [1.54, 1.807) is 7.11 Å². The van der Waals surface area contributed by atoms with Crippen LogP contribution in [-0.2, 0) is 18.4 Å². The predicted molar refractivity (Wildman–Crippen MR) is 88.7 cm³/mol. The van der Waals surface area contributed by atoms with Crippen LogP contribution in [0.1, 0.15) is 23.9 Å². The summed E-state index contributed by atoms with van der Waals surface area (Å²) in [7, 11) is 3.58. The standard InChI is InChI=1S/C15H16N6O2S/c1-9(13-16-12(8-22-3)19-23-13)24-15-18-17-14-20(2)10-6-4-5-7-11(10)21(14)15/h4-7,9H,8H2,1-3H3/t9-/m0/s1. The minimum absolute atomic E-state index is 0.0468. The summed E-state index contributed by atoms with van der Waals surface area (Å²) in [4.78, 5) is 4.34. The van der Waals surface area contributed by atoms with Crippen LogP contribution in [0.2, 0.25) is 0 Å². The summed E-state index contributed by atoms with van der Waals surface area (Å²) in [6.45, 7) is 2.33. The van der Waals surface area contributed by atoms with Crippen molar-refractivity contribution in [3.63, 3.8) is 0 Å². The number of methoxy groups -OCH3 is 1. The van der Waals surface area contributed by atoms with Crippen LogP contribution in [0.3, 0.4) is 0 Å². The molecule has 3 aromatic heterocycles. The van der Waals surface area contributed by atoms with Crippen molar-refractivity contribution in [3.05, 3.63) is 36.0 Å². The number of hydrogen-bond donors (Lipinski definition) is 0. The van der Waals surface area contributed by atoms with E-state index in [1.165, 1.54) is 11.8 Å². The molecule has 1 atom stereocenters. The van der Waals surface area contributed by atoms with Gasteiger partial charge in [-0.1, -0.05) is 29.1 Å². The van der Waals surface area contributed by atoms with Crippen LogP contribution in [-0.4, -0.2) is 36.4 Å². The van der Waals surface area contributed by atoms with Crippen LogP contribution >= 0.6 is 11.8 Å². The maximum atomic E-state index is 5.31. The summed E-state index contributed by atoms with van der Waals surface area (Å²) in [5, 5.41) is 13.3. The normalized spacial score (nSPS) is 13.1. The number of benzene rings is 1. The van der Waals surface area contributed by atoms with Gasteiger partial charge in [-0.3, -0.25) is 4.40 Å². The maximum absolute atomic E-state index is 5.31. The second-order valence-electron chi connectivity index (χ2n) is 5.41. The molecule has 4 rings (SSSR count). The van der Waals surface area contributed by atoms with Gasteiger partial charge in [0.2, 0.25) is 11.7 Å². The number of aryl methyl sites for hydroxylation is 1. The molecule has 4 aromatic rings. The number of nitrogens with zero attached hydrogens (tertiary/aromatic N) is 6. The molecule has 9 heteroatoms. The molecular formula is C15H16N6O2S. The molecule has 0 saturated carbocycles. The molecule has 0 bridgehead atoms. The monoisotopic (exact) mass is 344 g/mol. The highest BCUT2D eigenvalue weighted by Gasteiger charge is 2.21. The Morgan fingerprint density at radius 3 is 2.83 bits per heavy atom. The smallest absolute Gasteiger partial charge is 0.240 e. The van der Waals surface area contributed by atoms with Crippen molar-refractivity contribution in [2.75, 3.05) is 7.11 Å². The minimum Gasteiger partial charge on any atom is -0.377 e. The van der Waals surface area contributed by atoms with Crippen LogP contribution in [0.4, 0.5) is 0 Å². The number of rotatable bonds is 5. The van der Waals surface area contributed by atoms with E-state index >= 15 is 0 Å². The number of fused-ring (bicyclic) bond motifs is 3. The Balaban J connectivity index is 1.70. The van der Waals surface area contributed by atoms with Gasteiger partial charge < -0.3 is 13.8 Å². The average molecular weight is 344 g/mol. The van der Waals surface area contributed by atoms with Crippen LogP contribution in [0.25, 0.3) is 16.8 Å². The number of hydrogen-bond acceptors (Lipinski definition) is 7. The van der Waals surface area contributed by atoms with Gasteiger partial charge in [0, 0.05) is 14.2 Å². The molecule has 0 aliphatic carbocycles. The van der Waals surface area contributed by atoms with E-state index < -0.39 is 0 Å². The van der Waals surface area contributed by atoms with Gasteiger partial charge in [0.15, 0.2) is 11.0 Å². The molecule has 0 radical (unpaired) electrons. The fourth-order valence-electron chi connectivity index (χ4n) is 2.64. The van der Waals surface area contributed by atoms with Gasteiger partial charge in [-0.25, -0.2) is 0 Å². The summed E-state index contributed by atoms with van der Waals surface area (Å²) < 4.78 is 14.4. The number of imidazole rings is 1. The van der Waals surface area contributed by atoms with Crippen LogP contribution in [0, 0.1) is 0 Å². The predicted octanol–water partition coefficient (Wildman–Crippen LogP) is 2.60. The first-order chi connectivity index (χ1) is 11.7. The second kappa shape index (κ2) is 5.91. The quantitative estimate of drug-likeness (QED) is 0.515. The summed E-state index contributed by atoms with van der Waals surface area (Å²) in [5.41, 5.74) is 2.18. The largest absolute Gasteiger partial charge is 0.377 e. The SMILES string of the molecule is COCc1noc([C@H](C)Sc2nnc3n(C)c4ccccc4n23)n1. The zero-order valence-corrected chi connectivity index (χ0v) is 14.3. The van der Waals surface area contributed by atoms with Gasteiger partial charge in [-0.2, -0.15) is 4.98 Å². The van der Waals surface area contributed by atoms with Crippen LogP contribution in [0.5, 0.6) is 0 Å². The Morgan fingerprint density at radius 1 is 1.25 bits per heavy atom. The molecule has 0 fully saturated rings. The van der Waals surface area contributed by atoms with Gasteiger partial charge >= 0.3 is 0 Å². The molecule has 0 saturated heterocycles. The van der Waals surface area contributed by atoms with E-state index in [0.29, 0.717) is 18.3 Å². The van der Waals surface area contributed by atoms with Crippen LogP contribution in [0.15, 0.2) is 33.9 Å². The first-order valence-corrected chi connectivity index (χ1v) is 8.33. The topological polar surface area (TPSA) is 83.3 Å². The van der Waals surface area contributed by atoms with Crippen molar-refractivity contribution in [1.29, 1.82) is 0 Å². The molecule has 3 heterocycles. The lowest BCUT2D eigenvalue weighted by atomic mass is 10.3. The third-order valence-corrected chi connectivity index (χ3v) is 4.82. The second-order valence-corrected chi connectivity index (χ2v) is 6.72. The number of thioether (sulfide) groups is 1. The maximum Gasteiger partial charge on any atom is 0.240 e. The van der Waals surface area contributed by atoms with E-state index in [1.807, 2.05) is 35.1 Å². The lowest BCUT2D eigenvalue weighted by molar-refractivity contribution is 0.174. The summed E-state index contributed by atoms with van der Waals surface area (Å²) >= 11 is 1.53. The average Bonchev–Trinajstić information content (AvgIpc) is 3.27. The Kier molecular flexibility index (Phi) is 3.73. The fraction of sp³-hybridized carbons (Fsp3) is 0.333. The van der Waals surface area contributed by atoms with Gasteiger partial charge in [0.1, 0.15) is 6.61 Å². The zero-order valence-electron chi connectivity index (χ0n) is 13.5. The van der Waals surface area contributed by atoms with Gasteiger partial charge in [0.25, 0.3) is 0 Å². The number of ether oxygens (including phenoxy) is 1. The Labute approximate surface area is 141 Å². The van der Waals surface area contributed by atoms with Gasteiger partial charge in [-0.15, -0.1) is 10.2 Å². The summed E-state index contributed by atoms with van der Waals surface area (Å²) in [5.74, 6) is 1.89. The van der Waals surface area contributed by atoms with Crippen LogP contribution < -0.4 is 0 Å². The minimum atomic E-state index is -0.0468. The highest BCUT2D eigenvalue weighted by atomic mass is 32.2. The summed E-state index contributed by atoms with van der Waals surface area (Å²) in [6.07, 6.45) is 0. The molecule has 124 valence electrons. The molecule has 0 unspecified atom stereocenters. The van der Waals surface area contributed by atoms with Crippen molar-refractivity contribution in [2.45, 2.75) is 23.9 Å². The molecule has 0 N–H and O–H groups in total. The van der Waals surface area contributed by atoms with Crippen molar-refractivity contribution >= 4 is 28.6 Å². The highest BCUT2D eigenvalue weighted by molar-refractivity contribution is 7.99. The Bertz CT molecular complexity index is 1000. The van der Waals surface area contributed by atoms with E-state index in [0.717, 1.165) is 22.0 Å². The first kappa shape index (κ1) is 15.2. The summed E-state index contributed by atoms with van der Waals surface area (Å²) in [6, 6.07) is 8.15. The lowest BCUT2D eigenvalue weighted by Crippen LogP contribution is -1.94. The van der Waals surface area contributed by atoms with E-state index in [9.17, 15) is 0 Å². The van der Waals surface area contributed by atoms with Crippen molar-refractivity contribution in [3.8, 4) is 0 Å². The molecule has 24 heavy (non-hydrogen) atoms. The first-order valence-electron chi connectivity index (χ1n) is 7.45. The Hall–Kier alpha value is -2.39. The zero-order chi connectivity index (χ0) is 16.7. The molecule has 0 aliphatic heterocycles. The third-order valence-electron chi connectivity index (χ3n) is 3.79. The number of para-hydroxylation sites is 2. The fourth-order valence-corrected chi connectivity index (χ4v) is 3.53. The molecule has 0 spiro atoms. The van der Waals surface area contributed by atoms with Crippen molar-refractivity contribution in [1.82, 2.24) is 29.3 Å². The molecule has 0 amide bonds. The Morgan fingerprint density at radius 2 is 2.04 bits per heavy atom.